The van der Waals surface area contributed by atoms with E-state index in [4.69, 9.17) is 4.99 Å². The number of aliphatic imine (C=N–C) groups is 1. The molecule has 2 aliphatic rings. The van der Waals surface area contributed by atoms with Gasteiger partial charge in [-0.25, -0.2) is 8.42 Å². The summed E-state index contributed by atoms with van der Waals surface area (Å²) in [6, 6.07) is 1.29. The summed E-state index contributed by atoms with van der Waals surface area (Å²) in [7, 11) is -3.02. The minimum absolute atomic E-state index is 0.199. The standard InChI is InChI=1S/C17H34N4O2S/c1-6-18-16(19-9-10-21(14(2)3)15-7-8-15)20-11-12-24(22,23)17(4,5)13-20/h14-15H,6-13H2,1-5H3,(H,18,19). The Hall–Kier alpha value is -0.820. The molecule has 0 bridgehead atoms. The largest absolute Gasteiger partial charge is 0.357 e. The van der Waals surface area contributed by atoms with Crippen molar-refractivity contribution >= 4 is 15.8 Å². The van der Waals surface area contributed by atoms with Crippen LogP contribution in [0.4, 0.5) is 0 Å². The van der Waals surface area contributed by atoms with Gasteiger partial charge in [0.15, 0.2) is 15.8 Å². The van der Waals surface area contributed by atoms with Crippen LogP contribution in [-0.4, -0.2) is 79.5 Å². The van der Waals surface area contributed by atoms with Crippen molar-refractivity contribution in [3.8, 4) is 0 Å². The van der Waals surface area contributed by atoms with Crippen molar-refractivity contribution in [1.82, 2.24) is 15.1 Å². The van der Waals surface area contributed by atoms with Crippen LogP contribution in [-0.2, 0) is 9.84 Å². The highest BCUT2D eigenvalue weighted by molar-refractivity contribution is 7.92. The van der Waals surface area contributed by atoms with Gasteiger partial charge in [-0.15, -0.1) is 0 Å². The Morgan fingerprint density at radius 3 is 2.54 bits per heavy atom. The molecule has 1 N–H and O–H groups in total. The summed E-state index contributed by atoms with van der Waals surface area (Å²) in [6.07, 6.45) is 2.61. The highest BCUT2D eigenvalue weighted by Gasteiger charge is 2.41. The SMILES string of the molecule is CCNC(=NCCN(C(C)C)C1CC1)N1CCS(=O)(=O)C(C)(C)C1. The van der Waals surface area contributed by atoms with Crippen LogP contribution in [0.25, 0.3) is 0 Å². The molecule has 0 atom stereocenters. The molecular weight excluding hydrogens is 324 g/mol. The Bertz CT molecular complexity index is 551. The van der Waals surface area contributed by atoms with Crippen molar-refractivity contribution in [2.75, 3.05) is 38.5 Å². The van der Waals surface area contributed by atoms with E-state index >= 15 is 0 Å². The van der Waals surface area contributed by atoms with Gasteiger partial charge in [0.25, 0.3) is 0 Å². The Kier molecular flexibility index (Phi) is 6.18. The van der Waals surface area contributed by atoms with Crippen LogP contribution in [0.2, 0.25) is 0 Å². The zero-order chi connectivity index (χ0) is 18.0. The minimum atomic E-state index is -3.02. The Morgan fingerprint density at radius 2 is 2.04 bits per heavy atom. The van der Waals surface area contributed by atoms with Crippen LogP contribution < -0.4 is 5.32 Å². The number of hydrogen-bond donors (Lipinski definition) is 1. The third-order valence-electron chi connectivity index (χ3n) is 4.98. The molecule has 7 heteroatoms. The zero-order valence-electron chi connectivity index (χ0n) is 15.9. The lowest BCUT2D eigenvalue weighted by Crippen LogP contribution is -2.57. The van der Waals surface area contributed by atoms with E-state index in [1.165, 1.54) is 12.8 Å². The van der Waals surface area contributed by atoms with Gasteiger partial charge in [0.05, 0.1) is 17.0 Å². The molecule has 0 aromatic rings. The molecule has 0 unspecified atom stereocenters. The van der Waals surface area contributed by atoms with E-state index in [1.807, 2.05) is 20.8 Å². The minimum Gasteiger partial charge on any atom is -0.357 e. The van der Waals surface area contributed by atoms with Crippen molar-refractivity contribution in [2.24, 2.45) is 4.99 Å². The molecular formula is C17H34N4O2S. The van der Waals surface area contributed by atoms with E-state index < -0.39 is 14.6 Å². The number of nitrogens with one attached hydrogen (secondary N) is 1. The molecule has 2 fully saturated rings. The number of hydrogen-bond acceptors (Lipinski definition) is 4. The predicted molar refractivity (Wildman–Crippen MR) is 100 cm³/mol. The van der Waals surface area contributed by atoms with Crippen LogP contribution in [0.3, 0.4) is 0 Å². The molecule has 140 valence electrons. The summed E-state index contributed by atoms with van der Waals surface area (Å²) >= 11 is 0. The molecule has 1 aliphatic heterocycles. The number of guanidine groups is 1. The quantitative estimate of drug-likeness (QED) is 0.573. The second kappa shape index (κ2) is 7.60. The Labute approximate surface area is 147 Å². The first-order valence-electron chi connectivity index (χ1n) is 9.19. The molecule has 6 nitrogen and oxygen atoms in total. The van der Waals surface area contributed by atoms with Gasteiger partial charge in [-0.1, -0.05) is 0 Å². The molecule has 0 amide bonds. The van der Waals surface area contributed by atoms with E-state index in [2.05, 4.69) is 29.0 Å². The molecule has 0 spiro atoms. The Morgan fingerprint density at radius 1 is 1.38 bits per heavy atom. The molecule has 1 saturated heterocycles. The second-order valence-corrected chi connectivity index (χ2v) is 10.5. The fourth-order valence-electron chi connectivity index (χ4n) is 3.29. The molecule has 0 aromatic carbocycles. The molecule has 0 aromatic heterocycles. The average molecular weight is 359 g/mol. The lowest BCUT2D eigenvalue weighted by Gasteiger charge is -2.39. The summed E-state index contributed by atoms with van der Waals surface area (Å²) in [6.45, 7) is 13.7. The van der Waals surface area contributed by atoms with Crippen LogP contribution in [0.15, 0.2) is 4.99 Å². The molecule has 1 aliphatic carbocycles. The monoisotopic (exact) mass is 358 g/mol. The summed E-state index contributed by atoms with van der Waals surface area (Å²) < 4.78 is 23.7. The fourth-order valence-corrected chi connectivity index (χ4v) is 4.66. The Balaban J connectivity index is 2.00. The maximum absolute atomic E-state index is 12.2. The van der Waals surface area contributed by atoms with E-state index in [1.54, 1.807) is 0 Å². The molecule has 1 heterocycles. The van der Waals surface area contributed by atoms with Gasteiger partial charge in [-0.05, 0) is 47.5 Å². The van der Waals surface area contributed by atoms with Gasteiger partial charge in [-0.2, -0.15) is 0 Å². The summed E-state index contributed by atoms with van der Waals surface area (Å²) in [4.78, 5) is 9.40. The van der Waals surface area contributed by atoms with E-state index in [9.17, 15) is 8.42 Å². The van der Waals surface area contributed by atoms with Gasteiger partial charge in [0, 0.05) is 38.3 Å². The van der Waals surface area contributed by atoms with Gasteiger partial charge in [0.2, 0.25) is 0 Å². The summed E-state index contributed by atoms with van der Waals surface area (Å²) in [5.41, 5.74) is 0. The van der Waals surface area contributed by atoms with Gasteiger partial charge in [-0.3, -0.25) is 9.89 Å². The summed E-state index contributed by atoms with van der Waals surface area (Å²) in [5, 5.41) is 3.33. The third kappa shape index (κ3) is 4.63. The highest BCUT2D eigenvalue weighted by Crippen LogP contribution is 2.28. The maximum atomic E-state index is 12.2. The predicted octanol–water partition coefficient (Wildman–Crippen LogP) is 1.33. The molecule has 2 rings (SSSR count). The second-order valence-electron chi connectivity index (χ2n) is 7.80. The van der Waals surface area contributed by atoms with Crippen molar-refractivity contribution in [1.29, 1.82) is 0 Å². The highest BCUT2D eigenvalue weighted by atomic mass is 32.2. The van der Waals surface area contributed by atoms with Crippen molar-refractivity contribution < 1.29 is 8.42 Å². The van der Waals surface area contributed by atoms with Gasteiger partial charge < -0.3 is 10.2 Å². The lowest BCUT2D eigenvalue weighted by atomic mass is 10.2. The van der Waals surface area contributed by atoms with Crippen LogP contribution in [0.5, 0.6) is 0 Å². The van der Waals surface area contributed by atoms with Crippen molar-refractivity contribution in [3.05, 3.63) is 0 Å². The van der Waals surface area contributed by atoms with E-state index in [-0.39, 0.29) is 5.75 Å². The molecule has 0 radical (unpaired) electrons. The number of rotatable bonds is 6. The maximum Gasteiger partial charge on any atom is 0.194 e. The van der Waals surface area contributed by atoms with Gasteiger partial charge in [0.1, 0.15) is 0 Å². The molecule has 1 saturated carbocycles. The summed E-state index contributed by atoms with van der Waals surface area (Å²) in [5.74, 6) is 1.05. The van der Waals surface area contributed by atoms with Crippen molar-refractivity contribution in [3.63, 3.8) is 0 Å². The fraction of sp³-hybridized carbons (Fsp3) is 0.941. The van der Waals surface area contributed by atoms with E-state index in [0.717, 1.165) is 31.6 Å². The third-order valence-corrected chi connectivity index (χ3v) is 7.51. The topological polar surface area (TPSA) is 65.0 Å². The van der Waals surface area contributed by atoms with Crippen LogP contribution in [0.1, 0.15) is 47.5 Å². The van der Waals surface area contributed by atoms with Crippen LogP contribution in [0, 0.1) is 0 Å². The van der Waals surface area contributed by atoms with Crippen molar-refractivity contribution in [2.45, 2.75) is 64.3 Å². The van der Waals surface area contributed by atoms with E-state index in [0.29, 0.717) is 19.1 Å². The first kappa shape index (κ1) is 19.5. The average Bonchev–Trinajstić information content (AvgIpc) is 3.29. The van der Waals surface area contributed by atoms with Crippen LogP contribution >= 0.6 is 0 Å². The number of sulfone groups is 1. The normalized spacial score (nSPS) is 23.8. The first-order valence-corrected chi connectivity index (χ1v) is 10.8. The van der Waals surface area contributed by atoms with Gasteiger partial charge >= 0.3 is 0 Å². The zero-order valence-corrected chi connectivity index (χ0v) is 16.7. The molecule has 24 heavy (non-hydrogen) atoms. The first-order chi connectivity index (χ1) is 11.2. The number of nitrogens with zero attached hydrogens (tertiary/aromatic N) is 3. The smallest absolute Gasteiger partial charge is 0.194 e. The lowest BCUT2D eigenvalue weighted by molar-refractivity contribution is 0.217.